The number of anilines is 2. The van der Waals surface area contributed by atoms with E-state index in [1.165, 1.54) is 11.1 Å². The zero-order chi connectivity index (χ0) is 14.0. The van der Waals surface area contributed by atoms with Gasteiger partial charge in [-0.3, -0.25) is 0 Å². The lowest BCUT2D eigenvalue weighted by Gasteiger charge is -2.12. The van der Waals surface area contributed by atoms with Crippen molar-refractivity contribution < 1.29 is 0 Å². The second-order valence-electron chi connectivity index (χ2n) is 5.68. The van der Waals surface area contributed by atoms with Crippen LogP contribution >= 0.6 is 0 Å². The number of aromatic nitrogens is 2. The second kappa shape index (κ2) is 5.47. The Morgan fingerprint density at radius 3 is 2.53 bits per heavy atom. The number of hydrogen-bond donors (Lipinski definition) is 1. The molecule has 0 aliphatic rings. The fourth-order valence-corrected chi connectivity index (χ4v) is 2.13. The molecule has 0 aliphatic heterocycles. The first-order valence-corrected chi connectivity index (χ1v) is 6.83. The van der Waals surface area contributed by atoms with Gasteiger partial charge in [-0.1, -0.05) is 19.9 Å². The van der Waals surface area contributed by atoms with Gasteiger partial charge in [0.25, 0.3) is 0 Å². The Morgan fingerprint density at radius 1 is 1.16 bits per heavy atom. The van der Waals surface area contributed by atoms with E-state index < -0.39 is 0 Å². The van der Waals surface area contributed by atoms with Gasteiger partial charge in [-0.25, -0.2) is 4.98 Å². The van der Waals surface area contributed by atoms with Crippen molar-refractivity contribution in [2.75, 3.05) is 5.32 Å². The molecule has 2 aromatic rings. The summed E-state index contributed by atoms with van der Waals surface area (Å²) in [6, 6.07) is 6.41. The molecular formula is C16H23N3. The third kappa shape index (κ3) is 3.37. The number of benzene rings is 1. The Hall–Kier alpha value is -1.77. The van der Waals surface area contributed by atoms with Crippen LogP contribution in [-0.4, -0.2) is 9.55 Å². The van der Waals surface area contributed by atoms with E-state index in [1.807, 2.05) is 6.92 Å². The first-order valence-electron chi connectivity index (χ1n) is 6.83. The Bertz CT molecular complexity index is 567. The Balaban J connectivity index is 2.24. The number of nitrogens with zero attached hydrogens (tertiary/aromatic N) is 2. The predicted molar refractivity (Wildman–Crippen MR) is 81.0 cm³/mol. The summed E-state index contributed by atoms with van der Waals surface area (Å²) in [5.41, 5.74) is 4.75. The van der Waals surface area contributed by atoms with Crippen LogP contribution in [0.3, 0.4) is 0 Å². The minimum absolute atomic E-state index is 0.605. The number of hydrogen-bond acceptors (Lipinski definition) is 2. The highest BCUT2D eigenvalue weighted by atomic mass is 15.2. The van der Waals surface area contributed by atoms with E-state index >= 15 is 0 Å². The third-order valence-electron chi connectivity index (χ3n) is 3.22. The normalized spacial score (nSPS) is 11.1. The molecule has 1 aromatic heterocycles. The van der Waals surface area contributed by atoms with Gasteiger partial charge in [0, 0.05) is 18.4 Å². The quantitative estimate of drug-likeness (QED) is 0.889. The summed E-state index contributed by atoms with van der Waals surface area (Å²) in [4.78, 5) is 4.56. The molecular weight excluding hydrogens is 234 g/mol. The van der Waals surface area contributed by atoms with Crippen molar-refractivity contribution in [2.45, 2.75) is 41.2 Å². The van der Waals surface area contributed by atoms with Crippen molar-refractivity contribution in [2.24, 2.45) is 5.92 Å². The van der Waals surface area contributed by atoms with E-state index in [-0.39, 0.29) is 0 Å². The van der Waals surface area contributed by atoms with E-state index in [0.717, 1.165) is 23.9 Å². The van der Waals surface area contributed by atoms with Crippen LogP contribution in [0.1, 0.15) is 30.7 Å². The predicted octanol–water partition coefficient (Wildman–Crippen LogP) is 4.21. The number of rotatable bonds is 4. The number of imidazole rings is 1. The Kier molecular flexibility index (Phi) is 3.93. The fraction of sp³-hybridized carbons (Fsp3) is 0.438. The summed E-state index contributed by atoms with van der Waals surface area (Å²) in [5, 5.41) is 3.42. The molecule has 0 saturated carbocycles. The van der Waals surface area contributed by atoms with Crippen LogP contribution in [0.15, 0.2) is 24.4 Å². The van der Waals surface area contributed by atoms with Crippen LogP contribution in [0.2, 0.25) is 0 Å². The van der Waals surface area contributed by atoms with Gasteiger partial charge in [-0.05, 0) is 49.9 Å². The topological polar surface area (TPSA) is 29.9 Å². The lowest BCUT2D eigenvalue weighted by atomic mass is 10.1. The second-order valence-corrected chi connectivity index (χ2v) is 5.68. The van der Waals surface area contributed by atoms with Crippen molar-refractivity contribution in [1.29, 1.82) is 0 Å². The van der Waals surface area contributed by atoms with Crippen LogP contribution in [0.4, 0.5) is 11.6 Å². The third-order valence-corrected chi connectivity index (χ3v) is 3.22. The molecule has 1 heterocycles. The highest BCUT2D eigenvalue weighted by molar-refractivity contribution is 5.56. The van der Waals surface area contributed by atoms with Gasteiger partial charge in [0.05, 0.1) is 5.69 Å². The van der Waals surface area contributed by atoms with Crippen molar-refractivity contribution >= 4 is 11.6 Å². The van der Waals surface area contributed by atoms with Gasteiger partial charge in [0.1, 0.15) is 0 Å². The summed E-state index contributed by atoms with van der Waals surface area (Å²) < 4.78 is 2.19. The molecule has 0 spiro atoms. The molecule has 1 N–H and O–H groups in total. The molecule has 3 heteroatoms. The van der Waals surface area contributed by atoms with E-state index in [0.29, 0.717) is 5.92 Å². The van der Waals surface area contributed by atoms with Gasteiger partial charge < -0.3 is 9.88 Å². The molecule has 0 saturated heterocycles. The average molecular weight is 257 g/mol. The molecule has 0 amide bonds. The fourth-order valence-electron chi connectivity index (χ4n) is 2.13. The van der Waals surface area contributed by atoms with Gasteiger partial charge in [0.15, 0.2) is 0 Å². The van der Waals surface area contributed by atoms with Crippen LogP contribution in [0.5, 0.6) is 0 Å². The van der Waals surface area contributed by atoms with Crippen LogP contribution in [-0.2, 0) is 6.54 Å². The molecule has 0 radical (unpaired) electrons. The van der Waals surface area contributed by atoms with E-state index in [1.54, 1.807) is 0 Å². The van der Waals surface area contributed by atoms with Crippen molar-refractivity contribution in [3.05, 3.63) is 41.2 Å². The van der Waals surface area contributed by atoms with Crippen LogP contribution in [0, 0.1) is 26.7 Å². The minimum Gasteiger partial charge on any atom is -0.326 e. The zero-order valence-corrected chi connectivity index (χ0v) is 12.5. The maximum Gasteiger partial charge on any atom is 0.207 e. The Labute approximate surface area is 115 Å². The molecule has 0 bridgehead atoms. The number of aryl methyl sites for hydroxylation is 3. The van der Waals surface area contributed by atoms with Gasteiger partial charge in [0.2, 0.25) is 5.95 Å². The summed E-state index contributed by atoms with van der Waals surface area (Å²) >= 11 is 0. The van der Waals surface area contributed by atoms with Crippen molar-refractivity contribution in [1.82, 2.24) is 9.55 Å². The largest absolute Gasteiger partial charge is 0.326 e. The van der Waals surface area contributed by atoms with E-state index in [2.05, 4.69) is 67.0 Å². The first-order chi connectivity index (χ1) is 8.95. The number of nitrogens with one attached hydrogen (secondary N) is 1. The van der Waals surface area contributed by atoms with Gasteiger partial charge in [-0.15, -0.1) is 0 Å². The first kappa shape index (κ1) is 13.7. The standard InChI is InChI=1S/C16H23N3/c1-11(2)9-19-10-14(5)17-16(19)18-15-7-6-12(3)13(4)8-15/h6-8,10-11H,9H2,1-5H3,(H,17,18). The van der Waals surface area contributed by atoms with Crippen molar-refractivity contribution in [3.8, 4) is 0 Å². The summed E-state index contributed by atoms with van der Waals surface area (Å²) in [5.74, 6) is 1.53. The maximum absolute atomic E-state index is 4.56. The molecule has 3 nitrogen and oxygen atoms in total. The minimum atomic E-state index is 0.605. The lowest BCUT2D eigenvalue weighted by Crippen LogP contribution is -2.07. The molecule has 0 unspecified atom stereocenters. The smallest absolute Gasteiger partial charge is 0.207 e. The highest BCUT2D eigenvalue weighted by Crippen LogP contribution is 2.20. The van der Waals surface area contributed by atoms with Gasteiger partial charge in [-0.2, -0.15) is 0 Å². The summed E-state index contributed by atoms with van der Waals surface area (Å²) in [6.45, 7) is 11.7. The van der Waals surface area contributed by atoms with Crippen molar-refractivity contribution in [3.63, 3.8) is 0 Å². The Morgan fingerprint density at radius 2 is 1.89 bits per heavy atom. The van der Waals surface area contributed by atoms with E-state index in [9.17, 15) is 0 Å². The highest BCUT2D eigenvalue weighted by Gasteiger charge is 2.07. The molecule has 2 rings (SSSR count). The monoisotopic (exact) mass is 257 g/mol. The average Bonchev–Trinajstić information content (AvgIpc) is 2.63. The zero-order valence-electron chi connectivity index (χ0n) is 12.5. The molecule has 0 fully saturated rings. The van der Waals surface area contributed by atoms with Gasteiger partial charge >= 0.3 is 0 Å². The van der Waals surface area contributed by atoms with Crippen LogP contribution < -0.4 is 5.32 Å². The summed E-state index contributed by atoms with van der Waals surface area (Å²) in [7, 11) is 0. The molecule has 19 heavy (non-hydrogen) atoms. The summed E-state index contributed by atoms with van der Waals surface area (Å²) in [6.07, 6.45) is 2.10. The maximum atomic E-state index is 4.56. The van der Waals surface area contributed by atoms with Crippen LogP contribution in [0.25, 0.3) is 0 Å². The molecule has 1 aromatic carbocycles. The molecule has 0 atom stereocenters. The SMILES string of the molecule is Cc1cn(CC(C)C)c(Nc2ccc(C)c(C)c2)n1. The molecule has 102 valence electrons. The lowest BCUT2D eigenvalue weighted by molar-refractivity contribution is 0.527. The van der Waals surface area contributed by atoms with E-state index in [4.69, 9.17) is 0 Å². The molecule has 0 aliphatic carbocycles.